The smallest absolute Gasteiger partial charge is 0.387 e. The number of rotatable bonds is 7. The number of hydrogen-bond donors (Lipinski definition) is 3. The van der Waals surface area contributed by atoms with Gasteiger partial charge in [-0.1, -0.05) is 0 Å². The summed E-state index contributed by atoms with van der Waals surface area (Å²) < 4.78 is 35.0. The van der Waals surface area contributed by atoms with Crippen molar-refractivity contribution < 1.29 is 27.8 Å². The van der Waals surface area contributed by atoms with Crippen molar-refractivity contribution in [3.63, 3.8) is 0 Å². The van der Waals surface area contributed by atoms with Crippen LogP contribution in [0.3, 0.4) is 0 Å². The van der Waals surface area contributed by atoms with Crippen LogP contribution in [0.4, 0.5) is 20.2 Å². The molecule has 0 unspecified atom stereocenters. The van der Waals surface area contributed by atoms with E-state index >= 15 is 0 Å². The van der Waals surface area contributed by atoms with Crippen LogP contribution in [-0.2, 0) is 14.3 Å². The third kappa shape index (κ3) is 4.84. The largest absolute Gasteiger partial charge is 0.433 e. The van der Waals surface area contributed by atoms with Gasteiger partial charge in [0.25, 0.3) is 5.91 Å². The number of nitrogens with zero attached hydrogens (tertiary/aromatic N) is 1. The number of nitrogens with one attached hydrogen (secondary N) is 2. The van der Waals surface area contributed by atoms with Gasteiger partial charge in [0.05, 0.1) is 18.3 Å². The summed E-state index contributed by atoms with van der Waals surface area (Å²) in [5, 5.41) is 5.30. The SMILES string of the molecule is CN[C@H](CN)C(=O)Nc1ccc(N2CCOCC2=O)c(OC(F)F)c1. The monoisotopic (exact) mass is 358 g/mol. The summed E-state index contributed by atoms with van der Waals surface area (Å²) >= 11 is 0. The number of nitrogens with two attached hydrogens (primary N) is 1. The highest BCUT2D eigenvalue weighted by Crippen LogP contribution is 2.33. The van der Waals surface area contributed by atoms with Crippen LogP contribution in [0.15, 0.2) is 18.2 Å². The van der Waals surface area contributed by atoms with Crippen LogP contribution in [0.2, 0.25) is 0 Å². The van der Waals surface area contributed by atoms with E-state index in [2.05, 4.69) is 15.4 Å². The van der Waals surface area contributed by atoms with Crippen molar-refractivity contribution >= 4 is 23.2 Å². The zero-order valence-corrected chi connectivity index (χ0v) is 13.6. The highest BCUT2D eigenvalue weighted by Gasteiger charge is 2.25. The minimum atomic E-state index is -3.07. The van der Waals surface area contributed by atoms with Gasteiger partial charge in [-0.25, -0.2) is 0 Å². The quantitative estimate of drug-likeness (QED) is 0.640. The summed E-state index contributed by atoms with van der Waals surface area (Å²) in [4.78, 5) is 25.3. The molecule has 1 atom stereocenters. The number of alkyl halides is 2. The molecule has 138 valence electrons. The molecule has 0 saturated carbocycles. The molecular formula is C15H20F2N4O4. The number of benzene rings is 1. The van der Waals surface area contributed by atoms with Crippen molar-refractivity contribution in [3.05, 3.63) is 18.2 Å². The minimum absolute atomic E-state index is 0.0725. The molecule has 10 heteroatoms. The van der Waals surface area contributed by atoms with E-state index in [9.17, 15) is 18.4 Å². The summed E-state index contributed by atoms with van der Waals surface area (Å²) in [7, 11) is 1.58. The van der Waals surface area contributed by atoms with E-state index in [1.807, 2.05) is 0 Å². The molecule has 0 spiro atoms. The number of amides is 2. The van der Waals surface area contributed by atoms with Gasteiger partial charge in [0.15, 0.2) is 5.75 Å². The molecule has 1 heterocycles. The third-order valence-corrected chi connectivity index (χ3v) is 3.62. The van der Waals surface area contributed by atoms with Gasteiger partial charge in [0, 0.05) is 24.8 Å². The van der Waals surface area contributed by atoms with Gasteiger partial charge in [-0.05, 0) is 19.2 Å². The molecule has 0 aliphatic carbocycles. The predicted molar refractivity (Wildman–Crippen MR) is 86.8 cm³/mol. The van der Waals surface area contributed by atoms with Crippen LogP contribution in [0, 0.1) is 0 Å². The van der Waals surface area contributed by atoms with Crippen molar-refractivity contribution in [2.24, 2.45) is 5.73 Å². The maximum absolute atomic E-state index is 12.7. The number of halogens is 2. The first-order valence-corrected chi connectivity index (χ1v) is 7.61. The maximum Gasteiger partial charge on any atom is 0.387 e. The van der Waals surface area contributed by atoms with Crippen molar-refractivity contribution in [1.29, 1.82) is 0 Å². The van der Waals surface area contributed by atoms with Crippen LogP contribution < -0.4 is 26.0 Å². The van der Waals surface area contributed by atoms with Gasteiger partial charge in [0.2, 0.25) is 5.91 Å². The zero-order valence-electron chi connectivity index (χ0n) is 13.6. The van der Waals surface area contributed by atoms with E-state index in [0.29, 0.717) is 6.61 Å². The average molecular weight is 358 g/mol. The lowest BCUT2D eigenvalue weighted by Crippen LogP contribution is -2.44. The van der Waals surface area contributed by atoms with E-state index in [0.717, 1.165) is 0 Å². The van der Waals surface area contributed by atoms with E-state index < -0.39 is 18.6 Å². The standard InChI is InChI=1S/C15H20F2N4O4/c1-19-10(7-18)14(23)20-9-2-3-11(12(6-9)25-15(16)17)21-4-5-24-8-13(21)22/h2-3,6,10,15,19H,4-5,7-8,18H2,1H3,(H,20,23)/t10-/m1/s1. The van der Waals surface area contributed by atoms with Gasteiger partial charge >= 0.3 is 6.61 Å². The van der Waals surface area contributed by atoms with Gasteiger partial charge in [0.1, 0.15) is 6.61 Å². The molecule has 2 rings (SSSR count). The lowest BCUT2D eigenvalue weighted by atomic mass is 10.2. The van der Waals surface area contributed by atoms with Crippen LogP contribution in [0.25, 0.3) is 0 Å². The van der Waals surface area contributed by atoms with E-state index in [1.54, 1.807) is 7.05 Å². The fourth-order valence-electron chi connectivity index (χ4n) is 2.36. The maximum atomic E-state index is 12.7. The average Bonchev–Trinajstić information content (AvgIpc) is 2.56. The van der Waals surface area contributed by atoms with Crippen molar-refractivity contribution in [2.75, 3.05) is 43.6 Å². The first-order valence-electron chi connectivity index (χ1n) is 7.61. The second-order valence-corrected chi connectivity index (χ2v) is 5.23. The second-order valence-electron chi connectivity index (χ2n) is 5.23. The van der Waals surface area contributed by atoms with Crippen LogP contribution >= 0.6 is 0 Å². The second kappa shape index (κ2) is 8.70. The Morgan fingerprint density at radius 3 is 2.84 bits per heavy atom. The Hall–Kier alpha value is -2.30. The van der Waals surface area contributed by atoms with Crippen LogP contribution in [0.1, 0.15) is 0 Å². The van der Waals surface area contributed by atoms with Crippen molar-refractivity contribution in [3.8, 4) is 5.75 Å². The molecule has 1 aliphatic heterocycles. The molecule has 0 radical (unpaired) electrons. The summed E-state index contributed by atoms with van der Waals surface area (Å²) in [6.45, 7) is -2.62. The summed E-state index contributed by atoms with van der Waals surface area (Å²) in [6.07, 6.45) is 0. The van der Waals surface area contributed by atoms with Gasteiger partial charge < -0.3 is 30.7 Å². The van der Waals surface area contributed by atoms with E-state index in [4.69, 9.17) is 10.5 Å². The van der Waals surface area contributed by atoms with Crippen LogP contribution in [-0.4, -0.2) is 57.8 Å². The van der Waals surface area contributed by atoms with Gasteiger partial charge in [-0.15, -0.1) is 0 Å². The van der Waals surface area contributed by atoms with Crippen molar-refractivity contribution in [1.82, 2.24) is 5.32 Å². The molecule has 1 fully saturated rings. The Kier molecular flexibility index (Phi) is 6.62. The minimum Gasteiger partial charge on any atom is -0.433 e. The normalized spacial score (nSPS) is 16.0. The predicted octanol–water partition coefficient (Wildman–Crippen LogP) is 0.136. The zero-order chi connectivity index (χ0) is 18.4. The topological polar surface area (TPSA) is 106 Å². The number of anilines is 2. The number of morpholine rings is 1. The summed E-state index contributed by atoms with van der Waals surface area (Å²) in [5.41, 5.74) is 5.91. The van der Waals surface area contributed by atoms with E-state index in [-0.39, 0.29) is 42.7 Å². The highest BCUT2D eigenvalue weighted by molar-refractivity contribution is 5.98. The number of likely N-dealkylation sites (N-methyl/N-ethyl adjacent to an activating group) is 1. The molecule has 1 aromatic carbocycles. The molecule has 1 saturated heterocycles. The molecule has 1 aliphatic rings. The molecule has 1 aromatic rings. The molecule has 25 heavy (non-hydrogen) atoms. The van der Waals surface area contributed by atoms with Crippen molar-refractivity contribution in [2.45, 2.75) is 12.7 Å². The lowest BCUT2D eigenvalue weighted by Gasteiger charge is -2.28. The summed E-state index contributed by atoms with van der Waals surface area (Å²) in [6, 6.07) is 3.55. The molecule has 0 bridgehead atoms. The third-order valence-electron chi connectivity index (χ3n) is 3.62. The highest BCUT2D eigenvalue weighted by atomic mass is 19.3. The molecule has 8 nitrogen and oxygen atoms in total. The fraction of sp³-hybridized carbons (Fsp3) is 0.467. The Morgan fingerprint density at radius 1 is 1.48 bits per heavy atom. The molecule has 4 N–H and O–H groups in total. The number of carbonyl (C=O) groups is 2. The first-order chi connectivity index (χ1) is 12.0. The number of carbonyl (C=O) groups excluding carboxylic acids is 2. The Labute approximate surface area is 143 Å². The van der Waals surface area contributed by atoms with Gasteiger partial charge in [-0.2, -0.15) is 8.78 Å². The fourth-order valence-corrected chi connectivity index (χ4v) is 2.36. The molecular weight excluding hydrogens is 338 g/mol. The number of ether oxygens (including phenoxy) is 2. The van der Waals surface area contributed by atoms with Crippen LogP contribution in [0.5, 0.6) is 5.75 Å². The molecule has 0 aromatic heterocycles. The first kappa shape index (κ1) is 19.0. The van der Waals surface area contributed by atoms with Gasteiger partial charge in [-0.3, -0.25) is 9.59 Å². The molecule has 2 amide bonds. The van der Waals surface area contributed by atoms with E-state index in [1.165, 1.54) is 23.1 Å². The Balaban J connectivity index is 2.26. The Morgan fingerprint density at radius 2 is 2.24 bits per heavy atom. The lowest BCUT2D eigenvalue weighted by molar-refractivity contribution is -0.125. The summed E-state index contributed by atoms with van der Waals surface area (Å²) in [5.74, 6) is -0.986. The Bertz CT molecular complexity index is 626. The number of hydrogen-bond acceptors (Lipinski definition) is 6.